The van der Waals surface area contributed by atoms with Crippen LogP contribution in [0.1, 0.15) is 31.7 Å². The number of ether oxygens (including phenoxy) is 2. The second-order valence-corrected chi connectivity index (χ2v) is 11.8. The van der Waals surface area contributed by atoms with Crippen LogP contribution in [-0.4, -0.2) is 97.7 Å². The number of nitrogens with zero attached hydrogens (tertiary/aromatic N) is 4. The molecular formula is C29H31Cl2F3N4O7. The summed E-state index contributed by atoms with van der Waals surface area (Å²) in [7, 11) is 0. The molecule has 16 heteroatoms. The Balaban J connectivity index is 1.58. The topological polar surface area (TPSA) is 150 Å². The molecule has 1 saturated heterocycles. The predicted octanol–water partition coefficient (Wildman–Crippen LogP) is 3.05. The van der Waals surface area contributed by atoms with Gasteiger partial charge in [-0.05, 0) is 43.2 Å². The molecule has 2 heterocycles. The summed E-state index contributed by atoms with van der Waals surface area (Å²) in [6, 6.07) is 3.90. The first-order valence-electron chi connectivity index (χ1n) is 14.2. The fraction of sp³-hybridized carbons (Fsp3) is 0.483. The predicted molar refractivity (Wildman–Crippen MR) is 155 cm³/mol. The van der Waals surface area contributed by atoms with Crippen molar-refractivity contribution in [3.63, 3.8) is 0 Å². The van der Waals surface area contributed by atoms with E-state index in [0.717, 1.165) is 23.2 Å². The van der Waals surface area contributed by atoms with Crippen LogP contribution in [-0.2, 0) is 14.3 Å². The van der Waals surface area contributed by atoms with Crippen LogP contribution in [0.15, 0.2) is 36.5 Å². The molecule has 45 heavy (non-hydrogen) atoms. The van der Waals surface area contributed by atoms with E-state index < -0.39 is 79.2 Å². The first-order valence-corrected chi connectivity index (χ1v) is 15.0. The van der Waals surface area contributed by atoms with Crippen LogP contribution >= 0.6 is 23.2 Å². The van der Waals surface area contributed by atoms with Crippen molar-refractivity contribution in [1.82, 2.24) is 15.0 Å². The third-order valence-corrected chi connectivity index (χ3v) is 8.43. The molecule has 1 amide bonds. The average molecular weight is 675 g/mol. The van der Waals surface area contributed by atoms with E-state index in [9.17, 15) is 38.4 Å². The Morgan fingerprint density at radius 2 is 1.71 bits per heavy atom. The zero-order chi connectivity index (χ0) is 32.4. The molecule has 1 unspecified atom stereocenters. The maximum absolute atomic E-state index is 14.6. The Labute approximate surface area is 265 Å². The second-order valence-electron chi connectivity index (χ2n) is 10.9. The SMILES string of the molecule is O=C([C@@H]1O[C@H](CO)[C@H](O)C(n2cc(-c3cc(F)c(F)c(F)c3)nn2)[C@H]1OCCO)N(c1cc(Cl)cc(Cl)c1)[C@H]1CCCC[C@@H]1O. The van der Waals surface area contributed by atoms with Gasteiger partial charge in [-0.25, -0.2) is 17.9 Å². The lowest BCUT2D eigenvalue weighted by atomic mass is 9.88. The quantitative estimate of drug-likeness (QED) is 0.251. The van der Waals surface area contributed by atoms with Gasteiger partial charge in [-0.2, -0.15) is 0 Å². The summed E-state index contributed by atoms with van der Waals surface area (Å²) in [5, 5.41) is 50.4. The highest BCUT2D eigenvalue weighted by Gasteiger charge is 2.52. The summed E-state index contributed by atoms with van der Waals surface area (Å²) in [5.41, 5.74) is 0.00425. The number of benzene rings is 2. The largest absolute Gasteiger partial charge is 0.394 e. The van der Waals surface area contributed by atoms with Crippen LogP contribution in [0.5, 0.6) is 0 Å². The monoisotopic (exact) mass is 674 g/mol. The van der Waals surface area contributed by atoms with Crippen molar-refractivity contribution >= 4 is 34.8 Å². The average Bonchev–Trinajstić information content (AvgIpc) is 3.49. The molecule has 11 nitrogen and oxygen atoms in total. The van der Waals surface area contributed by atoms with Gasteiger partial charge in [0.25, 0.3) is 5.91 Å². The van der Waals surface area contributed by atoms with Crippen LogP contribution in [0.25, 0.3) is 11.3 Å². The van der Waals surface area contributed by atoms with E-state index in [1.807, 2.05) is 0 Å². The van der Waals surface area contributed by atoms with Gasteiger partial charge in [0.1, 0.15) is 30.0 Å². The minimum atomic E-state index is -1.66. The molecule has 244 valence electrons. The summed E-state index contributed by atoms with van der Waals surface area (Å²) in [6.45, 7) is -1.52. The number of aromatic nitrogens is 3. The molecular weight excluding hydrogens is 644 g/mol. The maximum atomic E-state index is 14.6. The Hall–Kier alpha value is -2.82. The molecule has 1 aliphatic heterocycles. The van der Waals surface area contributed by atoms with E-state index in [1.54, 1.807) is 0 Å². The molecule has 0 radical (unpaired) electrons. The number of hydrogen-bond donors (Lipinski definition) is 4. The van der Waals surface area contributed by atoms with Gasteiger partial charge in [0.2, 0.25) is 0 Å². The first kappa shape index (κ1) is 33.5. The molecule has 5 rings (SSSR count). The second kappa shape index (κ2) is 14.3. The van der Waals surface area contributed by atoms with Crippen molar-refractivity contribution in [2.75, 3.05) is 24.7 Å². The van der Waals surface area contributed by atoms with E-state index in [-0.39, 0.29) is 33.6 Å². The number of amides is 1. The van der Waals surface area contributed by atoms with Crippen molar-refractivity contribution in [1.29, 1.82) is 0 Å². The number of halogens is 5. The number of aliphatic hydroxyl groups excluding tert-OH is 4. The highest BCUT2D eigenvalue weighted by Crippen LogP contribution is 2.38. The molecule has 1 saturated carbocycles. The third kappa shape index (κ3) is 6.98. The van der Waals surface area contributed by atoms with Crippen molar-refractivity contribution in [3.05, 3.63) is 64.0 Å². The first-order chi connectivity index (χ1) is 21.5. The lowest BCUT2D eigenvalue weighted by Crippen LogP contribution is -2.63. The summed E-state index contributed by atoms with van der Waals surface area (Å²) in [4.78, 5) is 15.9. The summed E-state index contributed by atoms with van der Waals surface area (Å²) in [5.74, 6) is -5.29. The molecule has 1 aliphatic carbocycles. The normalized spacial score (nSPS) is 27.0. The van der Waals surface area contributed by atoms with Crippen molar-refractivity contribution in [3.8, 4) is 11.3 Å². The summed E-state index contributed by atoms with van der Waals surface area (Å²) in [6.07, 6.45) is -3.25. The fourth-order valence-corrected chi connectivity index (χ4v) is 6.43. The molecule has 2 aliphatic rings. The van der Waals surface area contributed by atoms with Gasteiger partial charge in [-0.3, -0.25) is 4.79 Å². The number of hydrogen-bond acceptors (Lipinski definition) is 9. The van der Waals surface area contributed by atoms with Crippen molar-refractivity contribution in [2.45, 2.75) is 68.3 Å². The van der Waals surface area contributed by atoms with Crippen molar-refractivity contribution in [2.24, 2.45) is 0 Å². The third-order valence-electron chi connectivity index (χ3n) is 8.00. The van der Waals surface area contributed by atoms with E-state index in [2.05, 4.69) is 10.3 Å². The molecule has 2 fully saturated rings. The number of carbonyl (C=O) groups excluding carboxylic acids is 1. The molecule has 7 atom stereocenters. The van der Waals surface area contributed by atoms with E-state index in [0.29, 0.717) is 19.3 Å². The lowest BCUT2D eigenvalue weighted by Gasteiger charge is -2.46. The molecule has 4 N–H and O–H groups in total. The van der Waals surface area contributed by atoms with Crippen LogP contribution in [0.2, 0.25) is 10.0 Å². The van der Waals surface area contributed by atoms with Crippen LogP contribution < -0.4 is 4.90 Å². The summed E-state index contributed by atoms with van der Waals surface area (Å²) >= 11 is 12.6. The minimum absolute atomic E-state index is 0.101. The standard InChI is InChI=1S/C29H31Cl2F3N4O7/c30-15-9-16(31)11-17(10-15)38(21-3-1-2-4-22(21)41)29(43)28-27(44-6-5-39)25(26(42)23(13-40)45-28)37-12-20(35-36-37)14-7-18(32)24(34)19(33)8-14/h7-12,21-23,25-28,39-42H,1-6,13H2/t21-,22-,23+,25?,26-,27+,28+/m0/s1. The van der Waals surface area contributed by atoms with Crippen LogP contribution in [0.4, 0.5) is 18.9 Å². The van der Waals surface area contributed by atoms with Gasteiger partial charge < -0.3 is 34.8 Å². The Bertz CT molecular complexity index is 1480. The molecule has 3 aromatic rings. The van der Waals surface area contributed by atoms with E-state index >= 15 is 0 Å². The van der Waals surface area contributed by atoms with Gasteiger partial charge in [-0.15, -0.1) is 5.10 Å². The molecule has 2 aromatic carbocycles. The Morgan fingerprint density at radius 1 is 1.04 bits per heavy atom. The number of carbonyl (C=O) groups is 1. The van der Waals surface area contributed by atoms with Gasteiger partial charge in [0, 0.05) is 21.3 Å². The number of anilines is 1. The van der Waals surface area contributed by atoms with Crippen molar-refractivity contribution < 1.29 is 47.9 Å². The molecule has 0 spiro atoms. The van der Waals surface area contributed by atoms with Gasteiger partial charge in [-0.1, -0.05) is 41.3 Å². The highest BCUT2D eigenvalue weighted by atomic mass is 35.5. The number of rotatable bonds is 9. The number of aliphatic hydroxyl groups is 4. The van der Waals surface area contributed by atoms with Crippen LogP contribution in [0, 0.1) is 17.5 Å². The minimum Gasteiger partial charge on any atom is -0.394 e. The van der Waals surface area contributed by atoms with E-state index in [1.165, 1.54) is 29.3 Å². The lowest BCUT2D eigenvalue weighted by molar-refractivity contribution is -0.218. The van der Waals surface area contributed by atoms with E-state index in [4.69, 9.17) is 32.7 Å². The Kier molecular flexibility index (Phi) is 10.7. The van der Waals surface area contributed by atoms with Gasteiger partial charge >= 0.3 is 0 Å². The smallest absolute Gasteiger partial charge is 0.259 e. The molecule has 0 bridgehead atoms. The highest BCUT2D eigenvalue weighted by molar-refractivity contribution is 6.35. The van der Waals surface area contributed by atoms with Gasteiger partial charge in [0.15, 0.2) is 23.6 Å². The Morgan fingerprint density at radius 3 is 2.33 bits per heavy atom. The van der Waals surface area contributed by atoms with Crippen LogP contribution in [0.3, 0.4) is 0 Å². The van der Waals surface area contributed by atoms with Gasteiger partial charge in [0.05, 0.1) is 38.2 Å². The fourth-order valence-electron chi connectivity index (χ4n) is 5.92. The zero-order valence-corrected chi connectivity index (χ0v) is 25.2. The zero-order valence-electron chi connectivity index (χ0n) is 23.6. The summed E-state index contributed by atoms with van der Waals surface area (Å²) < 4.78 is 54.4. The maximum Gasteiger partial charge on any atom is 0.259 e. The molecule has 1 aromatic heterocycles.